The van der Waals surface area contributed by atoms with Crippen molar-refractivity contribution in [2.24, 2.45) is 17.3 Å². The highest BCUT2D eigenvalue weighted by atomic mass is 16.3. The Morgan fingerprint density at radius 1 is 0.473 bits per heavy atom. The summed E-state index contributed by atoms with van der Waals surface area (Å²) in [6.45, 7) is 21.2. The molecule has 2 aliphatic rings. The van der Waals surface area contributed by atoms with Gasteiger partial charge in [0.1, 0.15) is 23.0 Å². The van der Waals surface area contributed by atoms with Gasteiger partial charge in [-0.15, -0.1) is 26.3 Å². The third kappa shape index (κ3) is 7.66. The van der Waals surface area contributed by atoms with Gasteiger partial charge in [-0.2, -0.15) is 0 Å². The molecule has 2 aliphatic carbocycles. The summed E-state index contributed by atoms with van der Waals surface area (Å²) in [5.74, 6) is 2.11. The van der Waals surface area contributed by atoms with E-state index >= 15 is 0 Å². The molecule has 4 heteroatoms. The molecule has 4 nitrogen and oxygen atoms in total. The zero-order valence-electron chi connectivity index (χ0n) is 33.0. The van der Waals surface area contributed by atoms with Crippen LogP contribution in [0.25, 0.3) is 0 Å². The topological polar surface area (TPSA) is 80.9 Å². The lowest BCUT2D eigenvalue weighted by Crippen LogP contribution is -2.44. The number of hydrogen-bond donors (Lipinski definition) is 4. The summed E-state index contributed by atoms with van der Waals surface area (Å²) >= 11 is 0. The summed E-state index contributed by atoms with van der Waals surface area (Å²) in [6.07, 6.45) is 18.5. The van der Waals surface area contributed by atoms with Crippen molar-refractivity contribution in [3.8, 4) is 23.0 Å². The van der Waals surface area contributed by atoms with Crippen LogP contribution in [0.2, 0.25) is 0 Å². The van der Waals surface area contributed by atoms with Gasteiger partial charge in [0, 0.05) is 10.8 Å². The highest BCUT2D eigenvalue weighted by Crippen LogP contribution is 2.58. The Morgan fingerprint density at radius 3 is 0.927 bits per heavy atom. The number of hydrogen-bond acceptors (Lipinski definition) is 4. The molecule has 0 amide bonds. The normalized spacial score (nSPS) is 17.3. The van der Waals surface area contributed by atoms with Gasteiger partial charge < -0.3 is 20.4 Å². The van der Waals surface area contributed by atoms with E-state index in [1.807, 2.05) is 72.8 Å². The minimum Gasteiger partial charge on any atom is -0.508 e. The van der Waals surface area contributed by atoms with Gasteiger partial charge in [0.2, 0.25) is 0 Å². The standard InChI is InChI=1S/C51H60O4/c1-7-11-35-31-41(52)15-19-45(35)50(46-20-16-42(53)32-36(46)12-8-2)27-23-39(24-28-50)49(5,6)40-25-29-51(30-26-40,47-21-17-43(54)33-37(47)13-9-3)48-22-18-44(55)34-38(48)14-10-4/h7-10,15-22,31-34,39-40,52-55H,1-4,11-14,23-30H2,5-6H3. The van der Waals surface area contributed by atoms with Crippen LogP contribution in [0.3, 0.4) is 0 Å². The molecule has 0 aliphatic heterocycles. The van der Waals surface area contributed by atoms with Crippen LogP contribution >= 0.6 is 0 Å². The lowest BCUT2D eigenvalue weighted by Gasteiger charge is -2.52. The molecule has 0 bridgehead atoms. The molecule has 4 aromatic carbocycles. The van der Waals surface area contributed by atoms with Crippen LogP contribution in [0.1, 0.15) is 110 Å². The fraction of sp³-hybridized carbons (Fsp3) is 0.373. The van der Waals surface area contributed by atoms with E-state index in [0.29, 0.717) is 37.5 Å². The van der Waals surface area contributed by atoms with Crippen molar-refractivity contribution >= 4 is 0 Å². The Hall–Kier alpha value is -4.96. The Bertz CT molecular complexity index is 1770. The summed E-state index contributed by atoms with van der Waals surface area (Å²) in [5, 5.41) is 42.3. The molecule has 0 atom stereocenters. The highest BCUT2D eigenvalue weighted by Gasteiger charge is 2.49. The van der Waals surface area contributed by atoms with E-state index in [9.17, 15) is 20.4 Å². The number of phenolic OH excluding ortho intramolecular Hbond substituents is 4. The monoisotopic (exact) mass is 736 g/mol. The van der Waals surface area contributed by atoms with E-state index in [4.69, 9.17) is 0 Å². The van der Waals surface area contributed by atoms with Crippen LogP contribution in [0.4, 0.5) is 0 Å². The average Bonchev–Trinajstić information content (AvgIpc) is 3.16. The lowest BCUT2D eigenvalue weighted by atomic mass is 9.52. The van der Waals surface area contributed by atoms with Crippen molar-refractivity contribution < 1.29 is 20.4 Å². The molecule has 0 heterocycles. The number of allylic oxidation sites excluding steroid dienone is 4. The number of benzene rings is 4. The van der Waals surface area contributed by atoms with E-state index in [2.05, 4.69) is 64.4 Å². The van der Waals surface area contributed by atoms with E-state index in [-0.39, 0.29) is 39.2 Å². The second-order valence-electron chi connectivity index (χ2n) is 16.9. The van der Waals surface area contributed by atoms with Gasteiger partial charge in [0.05, 0.1) is 0 Å². The first kappa shape index (κ1) is 39.7. The molecule has 2 saturated carbocycles. The number of aromatic hydroxyl groups is 4. The number of rotatable bonds is 14. The van der Waals surface area contributed by atoms with Crippen molar-refractivity contribution in [2.45, 2.75) is 102 Å². The fourth-order valence-corrected chi connectivity index (χ4v) is 10.9. The summed E-state index contributed by atoms with van der Waals surface area (Å²) in [7, 11) is 0. The molecule has 0 unspecified atom stereocenters. The Balaban J connectivity index is 1.34. The Morgan fingerprint density at radius 2 is 0.709 bits per heavy atom. The predicted octanol–water partition coefficient (Wildman–Crippen LogP) is 12.1. The molecule has 55 heavy (non-hydrogen) atoms. The predicted molar refractivity (Wildman–Crippen MR) is 227 cm³/mol. The van der Waals surface area contributed by atoms with Gasteiger partial charge in [0.15, 0.2) is 0 Å². The summed E-state index contributed by atoms with van der Waals surface area (Å²) < 4.78 is 0. The van der Waals surface area contributed by atoms with Crippen molar-refractivity contribution in [1.29, 1.82) is 0 Å². The molecule has 0 saturated heterocycles. The summed E-state index contributed by atoms with van der Waals surface area (Å²) in [6, 6.07) is 23.4. The molecule has 2 fully saturated rings. The van der Waals surface area contributed by atoms with Crippen LogP contribution in [-0.4, -0.2) is 20.4 Å². The lowest BCUT2D eigenvalue weighted by molar-refractivity contribution is 0.0362. The molecular formula is C51H60O4. The first-order chi connectivity index (χ1) is 26.4. The van der Waals surface area contributed by atoms with E-state index < -0.39 is 0 Å². The molecule has 0 spiro atoms. The van der Waals surface area contributed by atoms with Crippen molar-refractivity contribution in [3.63, 3.8) is 0 Å². The zero-order chi connectivity index (χ0) is 39.4. The maximum Gasteiger partial charge on any atom is 0.115 e. The second kappa shape index (κ2) is 16.4. The summed E-state index contributed by atoms with van der Waals surface area (Å²) in [5.41, 5.74) is 8.93. The van der Waals surface area contributed by atoms with Crippen LogP contribution < -0.4 is 0 Å². The van der Waals surface area contributed by atoms with Gasteiger partial charge in [-0.3, -0.25) is 0 Å². The maximum absolute atomic E-state index is 10.6. The third-order valence-electron chi connectivity index (χ3n) is 13.7. The summed E-state index contributed by atoms with van der Waals surface area (Å²) in [4.78, 5) is 0. The molecule has 0 aromatic heterocycles. The molecular weight excluding hydrogens is 677 g/mol. The van der Waals surface area contributed by atoms with Crippen molar-refractivity contribution in [3.05, 3.63) is 168 Å². The zero-order valence-corrected chi connectivity index (χ0v) is 33.0. The average molecular weight is 737 g/mol. The second-order valence-corrected chi connectivity index (χ2v) is 16.9. The fourth-order valence-electron chi connectivity index (χ4n) is 10.9. The SMILES string of the molecule is C=CCc1cc(O)ccc1C1(c2ccc(O)cc2CC=C)CCC(C(C)(C)C2CCC(c3ccc(O)cc3CC=C)(c3ccc(O)cc3CC=C)CC2)CC1. The third-order valence-corrected chi connectivity index (χ3v) is 13.7. The van der Waals surface area contributed by atoms with Gasteiger partial charge in [-0.1, -0.05) is 62.4 Å². The molecule has 4 N–H and O–H groups in total. The quantitative estimate of drug-likeness (QED) is 0.0972. The Kier molecular flexibility index (Phi) is 11.9. The largest absolute Gasteiger partial charge is 0.508 e. The van der Waals surface area contributed by atoms with Crippen molar-refractivity contribution in [1.82, 2.24) is 0 Å². The first-order valence-electron chi connectivity index (χ1n) is 20.2. The van der Waals surface area contributed by atoms with Crippen molar-refractivity contribution in [2.75, 3.05) is 0 Å². The van der Waals surface area contributed by atoms with Gasteiger partial charge in [0.25, 0.3) is 0 Å². The van der Waals surface area contributed by atoms with Crippen LogP contribution in [-0.2, 0) is 36.5 Å². The van der Waals surface area contributed by atoms with E-state index in [1.54, 1.807) is 0 Å². The highest BCUT2D eigenvalue weighted by molar-refractivity contribution is 5.53. The molecule has 6 rings (SSSR count). The van der Waals surface area contributed by atoms with Crippen LogP contribution in [0.5, 0.6) is 23.0 Å². The molecule has 4 aromatic rings. The number of phenols is 4. The maximum atomic E-state index is 10.6. The smallest absolute Gasteiger partial charge is 0.115 e. The minimum absolute atomic E-state index is 0.0912. The first-order valence-corrected chi connectivity index (χ1v) is 20.2. The van der Waals surface area contributed by atoms with Gasteiger partial charge in [-0.05, 0) is 187 Å². The van der Waals surface area contributed by atoms with E-state index in [0.717, 1.165) is 73.6 Å². The Labute approximate surface area is 329 Å². The van der Waals surface area contributed by atoms with Crippen LogP contribution in [0.15, 0.2) is 123 Å². The molecule has 0 radical (unpaired) electrons. The van der Waals surface area contributed by atoms with Gasteiger partial charge in [-0.25, -0.2) is 0 Å². The van der Waals surface area contributed by atoms with Gasteiger partial charge >= 0.3 is 0 Å². The van der Waals surface area contributed by atoms with Crippen LogP contribution in [0, 0.1) is 17.3 Å². The molecule has 288 valence electrons. The van der Waals surface area contributed by atoms with E-state index in [1.165, 1.54) is 22.3 Å². The minimum atomic E-state index is -0.271.